The van der Waals surface area contributed by atoms with Crippen LogP contribution in [-0.2, 0) is 11.5 Å². The highest BCUT2D eigenvalue weighted by Crippen LogP contribution is 2.30. The van der Waals surface area contributed by atoms with Crippen molar-refractivity contribution in [3.63, 3.8) is 0 Å². The predicted octanol–water partition coefficient (Wildman–Crippen LogP) is 6.12. The fourth-order valence-corrected chi connectivity index (χ4v) is 5.12. The Hall–Kier alpha value is -1.71. The van der Waals surface area contributed by atoms with E-state index in [0.29, 0.717) is 45.6 Å². The first-order chi connectivity index (χ1) is 14.7. The first-order valence-electron chi connectivity index (χ1n) is 9.74. The van der Waals surface area contributed by atoms with Gasteiger partial charge in [0.05, 0.1) is 31.2 Å². The molecule has 0 N–H and O–H groups in total. The molecule has 6 nitrogen and oxygen atoms in total. The molecule has 0 aliphatic carbocycles. The molecular formula is C21H21BrCl2N4O2Si. The number of fused-ring (bicyclic) bond motifs is 3. The van der Waals surface area contributed by atoms with Crippen molar-refractivity contribution in [1.82, 2.24) is 19.1 Å². The van der Waals surface area contributed by atoms with Gasteiger partial charge in [-0.2, -0.15) is 0 Å². The number of rotatable bonds is 6. The molecule has 0 fully saturated rings. The summed E-state index contributed by atoms with van der Waals surface area (Å²) in [6.07, 6.45) is 2.99. The number of hydrogen-bond acceptors (Lipinski definition) is 4. The molecule has 0 aliphatic rings. The number of nitrogens with zero attached hydrogens (tertiary/aromatic N) is 4. The second-order valence-electron chi connectivity index (χ2n) is 8.49. The first kappa shape index (κ1) is 22.5. The Balaban J connectivity index is 1.76. The number of halogens is 3. The van der Waals surface area contributed by atoms with Crippen LogP contribution in [-0.4, -0.2) is 33.8 Å². The SMILES string of the molecule is C[Si](C)(C)CCOCn1c(Br)cc2c3ncn(-c4c(Cl)cccc4Cl)c(=O)c3cnc21. The van der Waals surface area contributed by atoms with E-state index in [-0.39, 0.29) is 5.56 Å². The Bertz CT molecular complexity index is 1330. The van der Waals surface area contributed by atoms with Crippen molar-refractivity contribution >= 4 is 69.1 Å². The Labute approximate surface area is 198 Å². The van der Waals surface area contributed by atoms with Crippen molar-refractivity contribution in [2.45, 2.75) is 32.4 Å². The van der Waals surface area contributed by atoms with Crippen LogP contribution >= 0.6 is 39.1 Å². The van der Waals surface area contributed by atoms with E-state index in [1.54, 1.807) is 24.4 Å². The summed E-state index contributed by atoms with van der Waals surface area (Å²) in [4.78, 5) is 22.3. The zero-order valence-corrected chi connectivity index (χ0v) is 21.4. The Morgan fingerprint density at radius 3 is 2.52 bits per heavy atom. The topological polar surface area (TPSA) is 61.9 Å². The van der Waals surface area contributed by atoms with Gasteiger partial charge in [-0.05, 0) is 40.2 Å². The molecule has 0 saturated carbocycles. The summed E-state index contributed by atoms with van der Waals surface area (Å²) < 4.78 is 9.99. The second kappa shape index (κ2) is 8.67. The Morgan fingerprint density at radius 1 is 1.13 bits per heavy atom. The second-order valence-corrected chi connectivity index (χ2v) is 15.7. The normalized spacial score (nSPS) is 12.2. The average molecular weight is 540 g/mol. The lowest BCUT2D eigenvalue weighted by atomic mass is 10.2. The summed E-state index contributed by atoms with van der Waals surface area (Å²) in [5.41, 5.74) is 1.38. The maximum atomic E-state index is 13.2. The number of ether oxygens (including phenoxy) is 1. The molecule has 4 aromatic rings. The molecule has 0 radical (unpaired) electrons. The van der Waals surface area contributed by atoms with Gasteiger partial charge < -0.3 is 4.74 Å². The van der Waals surface area contributed by atoms with Gasteiger partial charge in [-0.15, -0.1) is 0 Å². The summed E-state index contributed by atoms with van der Waals surface area (Å²) in [6, 6.07) is 8.09. The molecule has 0 spiro atoms. The number of aromatic nitrogens is 4. The fraction of sp³-hybridized carbons (Fsp3) is 0.286. The van der Waals surface area contributed by atoms with Gasteiger partial charge in [0.15, 0.2) is 0 Å². The third-order valence-corrected chi connectivity index (χ3v) is 7.96. The van der Waals surface area contributed by atoms with E-state index in [4.69, 9.17) is 27.9 Å². The number of para-hydroxylation sites is 1. The van der Waals surface area contributed by atoms with Gasteiger partial charge in [-0.1, -0.05) is 48.9 Å². The summed E-state index contributed by atoms with van der Waals surface area (Å²) in [5.74, 6) is 0. The van der Waals surface area contributed by atoms with Crippen LogP contribution in [0.25, 0.3) is 27.6 Å². The van der Waals surface area contributed by atoms with Gasteiger partial charge >= 0.3 is 0 Å². The number of pyridine rings is 1. The van der Waals surface area contributed by atoms with Crippen molar-refractivity contribution in [1.29, 1.82) is 0 Å². The van der Waals surface area contributed by atoms with Gasteiger partial charge in [-0.3, -0.25) is 13.9 Å². The molecule has 31 heavy (non-hydrogen) atoms. The van der Waals surface area contributed by atoms with Gasteiger partial charge in [0.2, 0.25) is 0 Å². The molecule has 4 rings (SSSR count). The van der Waals surface area contributed by atoms with E-state index in [1.807, 2.05) is 10.6 Å². The molecule has 162 valence electrons. The van der Waals surface area contributed by atoms with Crippen molar-refractivity contribution < 1.29 is 4.74 Å². The van der Waals surface area contributed by atoms with Crippen molar-refractivity contribution in [3.8, 4) is 5.69 Å². The smallest absolute Gasteiger partial charge is 0.267 e. The maximum absolute atomic E-state index is 13.2. The lowest BCUT2D eigenvalue weighted by molar-refractivity contribution is 0.0885. The zero-order valence-electron chi connectivity index (χ0n) is 17.3. The molecular weight excluding hydrogens is 519 g/mol. The van der Waals surface area contributed by atoms with Crippen LogP contribution in [0.15, 0.2) is 46.2 Å². The fourth-order valence-electron chi connectivity index (χ4n) is 3.28. The zero-order chi connectivity index (χ0) is 22.3. The van der Waals surface area contributed by atoms with Crippen molar-refractivity contribution in [3.05, 3.63) is 61.8 Å². The van der Waals surface area contributed by atoms with Crippen LogP contribution in [0.5, 0.6) is 0 Å². The van der Waals surface area contributed by atoms with Crippen LogP contribution in [0.1, 0.15) is 0 Å². The molecule has 0 saturated heterocycles. The Kier molecular flexibility index (Phi) is 6.29. The minimum Gasteiger partial charge on any atom is -0.361 e. The number of hydrogen-bond donors (Lipinski definition) is 0. The van der Waals surface area contributed by atoms with Gasteiger partial charge in [-0.25, -0.2) is 9.97 Å². The maximum Gasteiger partial charge on any atom is 0.267 e. The monoisotopic (exact) mass is 538 g/mol. The largest absolute Gasteiger partial charge is 0.361 e. The van der Waals surface area contributed by atoms with Gasteiger partial charge in [0.1, 0.15) is 18.7 Å². The first-order valence-corrected chi connectivity index (χ1v) is 15.0. The van der Waals surface area contributed by atoms with E-state index in [1.165, 1.54) is 10.9 Å². The van der Waals surface area contributed by atoms with E-state index in [9.17, 15) is 4.79 Å². The van der Waals surface area contributed by atoms with Crippen LogP contribution in [0, 0.1) is 0 Å². The molecule has 0 amide bonds. The Morgan fingerprint density at radius 2 is 1.84 bits per heavy atom. The number of benzene rings is 1. The van der Waals surface area contributed by atoms with Gasteiger partial charge in [0, 0.05) is 26.3 Å². The summed E-state index contributed by atoms with van der Waals surface area (Å²) in [7, 11) is -1.16. The van der Waals surface area contributed by atoms with E-state index < -0.39 is 8.07 Å². The van der Waals surface area contributed by atoms with Crippen LogP contribution in [0.4, 0.5) is 0 Å². The summed E-state index contributed by atoms with van der Waals surface area (Å²) in [5, 5.41) is 1.89. The molecule has 0 bridgehead atoms. The van der Waals surface area contributed by atoms with E-state index in [2.05, 4.69) is 45.5 Å². The predicted molar refractivity (Wildman–Crippen MR) is 132 cm³/mol. The van der Waals surface area contributed by atoms with E-state index in [0.717, 1.165) is 16.0 Å². The standard InChI is InChI=1S/C21H21BrCl2N4O2Si/c1-31(2,3)8-7-30-12-28-17(22)9-13-18-14(10-25-20(13)28)21(29)27(11-26-18)19-15(23)5-4-6-16(19)24/h4-6,9-11H,7-8,12H2,1-3H3. The highest BCUT2D eigenvalue weighted by Gasteiger charge is 2.18. The molecule has 0 atom stereocenters. The van der Waals surface area contributed by atoms with E-state index >= 15 is 0 Å². The third-order valence-electron chi connectivity index (χ3n) is 4.99. The molecule has 1 aromatic carbocycles. The van der Waals surface area contributed by atoms with Crippen LogP contribution in [0.3, 0.4) is 0 Å². The lowest BCUT2D eigenvalue weighted by Crippen LogP contribution is -2.22. The molecule has 0 unspecified atom stereocenters. The highest BCUT2D eigenvalue weighted by molar-refractivity contribution is 9.10. The van der Waals surface area contributed by atoms with Crippen LogP contribution in [0.2, 0.25) is 35.7 Å². The molecule has 3 aromatic heterocycles. The van der Waals surface area contributed by atoms with Crippen molar-refractivity contribution in [2.24, 2.45) is 0 Å². The highest BCUT2D eigenvalue weighted by atomic mass is 79.9. The molecule has 3 heterocycles. The minimum absolute atomic E-state index is 0.287. The van der Waals surface area contributed by atoms with Crippen molar-refractivity contribution in [2.75, 3.05) is 6.61 Å². The summed E-state index contributed by atoms with van der Waals surface area (Å²) >= 11 is 16.2. The summed E-state index contributed by atoms with van der Waals surface area (Å²) in [6.45, 7) is 8.04. The minimum atomic E-state index is -1.16. The molecule has 0 aliphatic heterocycles. The average Bonchev–Trinajstić information content (AvgIpc) is 3.01. The quantitative estimate of drug-likeness (QED) is 0.219. The van der Waals surface area contributed by atoms with Crippen LogP contribution < -0.4 is 5.56 Å². The lowest BCUT2D eigenvalue weighted by Gasteiger charge is -2.16. The molecule has 10 heteroatoms. The third kappa shape index (κ3) is 4.45. The van der Waals surface area contributed by atoms with Gasteiger partial charge in [0.25, 0.3) is 5.56 Å².